The number of aromatic nitrogens is 3. The van der Waals surface area contributed by atoms with Crippen LogP contribution in [0.4, 0.5) is 0 Å². The number of hydrogen-bond acceptors (Lipinski definition) is 5. The number of nitrogens with zero attached hydrogens (tertiary/aromatic N) is 2. The van der Waals surface area contributed by atoms with Gasteiger partial charge in [-0.1, -0.05) is 0 Å². The topological polar surface area (TPSA) is 94.0 Å². The van der Waals surface area contributed by atoms with Gasteiger partial charge >= 0.3 is 11.7 Å². The summed E-state index contributed by atoms with van der Waals surface area (Å²) in [5, 5.41) is 0. The molecule has 2 aromatic heterocycles. The van der Waals surface area contributed by atoms with E-state index in [0.29, 0.717) is 11.3 Å². The third-order valence-corrected chi connectivity index (χ3v) is 3.11. The zero-order valence-electron chi connectivity index (χ0n) is 10.4. The van der Waals surface area contributed by atoms with Gasteiger partial charge in [0.2, 0.25) is 0 Å². The number of halogens is 1. The lowest BCUT2D eigenvalue weighted by molar-refractivity contribution is 0.0600. The number of pyridine rings is 1. The van der Waals surface area contributed by atoms with Gasteiger partial charge in [-0.05, 0) is 28.1 Å². The Balaban J connectivity index is 2.27. The van der Waals surface area contributed by atoms with Crippen molar-refractivity contribution in [3.63, 3.8) is 0 Å². The van der Waals surface area contributed by atoms with Crippen molar-refractivity contribution >= 4 is 21.9 Å². The van der Waals surface area contributed by atoms with Gasteiger partial charge in [-0.25, -0.2) is 9.59 Å². The number of rotatable bonds is 3. The van der Waals surface area contributed by atoms with Gasteiger partial charge in [0.15, 0.2) is 0 Å². The van der Waals surface area contributed by atoms with Crippen LogP contribution in [0.1, 0.15) is 16.1 Å². The molecule has 0 unspecified atom stereocenters. The van der Waals surface area contributed by atoms with Crippen LogP contribution in [0.15, 0.2) is 38.6 Å². The average molecular weight is 340 g/mol. The fraction of sp³-hybridized carbons (Fsp3) is 0.167. The summed E-state index contributed by atoms with van der Waals surface area (Å²) in [6.07, 6.45) is 2.75. The van der Waals surface area contributed by atoms with Gasteiger partial charge in [-0.2, -0.15) is 0 Å². The predicted molar refractivity (Wildman–Crippen MR) is 73.7 cm³/mol. The lowest BCUT2D eigenvalue weighted by atomic mass is 10.2. The van der Waals surface area contributed by atoms with Crippen LogP contribution in [0.2, 0.25) is 0 Å². The van der Waals surface area contributed by atoms with Crippen LogP contribution in [0.25, 0.3) is 0 Å². The number of methoxy groups -OCH3 is 1. The molecule has 0 spiro atoms. The molecule has 0 saturated heterocycles. The van der Waals surface area contributed by atoms with Crippen molar-refractivity contribution in [1.82, 2.24) is 14.5 Å². The number of esters is 1. The van der Waals surface area contributed by atoms with E-state index in [9.17, 15) is 14.4 Å². The van der Waals surface area contributed by atoms with Gasteiger partial charge < -0.3 is 4.74 Å². The first-order valence-electron chi connectivity index (χ1n) is 5.54. The number of ether oxygens (including phenoxy) is 1. The van der Waals surface area contributed by atoms with Crippen molar-refractivity contribution in [2.45, 2.75) is 6.54 Å². The van der Waals surface area contributed by atoms with Gasteiger partial charge in [-0.15, -0.1) is 0 Å². The molecule has 0 amide bonds. The monoisotopic (exact) mass is 339 g/mol. The first-order chi connectivity index (χ1) is 9.51. The second-order valence-electron chi connectivity index (χ2n) is 3.89. The highest BCUT2D eigenvalue weighted by Gasteiger charge is 2.07. The Bertz CT molecular complexity index is 749. The molecular weight excluding hydrogens is 330 g/mol. The number of hydrogen-bond donors (Lipinski definition) is 1. The largest absolute Gasteiger partial charge is 0.465 e. The number of aromatic amines is 1. The molecule has 0 atom stereocenters. The molecule has 0 aromatic carbocycles. The summed E-state index contributed by atoms with van der Waals surface area (Å²) < 4.78 is 6.11. The minimum atomic E-state index is -0.531. The minimum absolute atomic E-state index is 0.176. The van der Waals surface area contributed by atoms with Gasteiger partial charge in [0.1, 0.15) is 0 Å². The van der Waals surface area contributed by atoms with Crippen molar-refractivity contribution in [2.24, 2.45) is 0 Å². The quantitative estimate of drug-likeness (QED) is 0.823. The zero-order valence-corrected chi connectivity index (χ0v) is 12.0. The molecule has 2 heterocycles. The number of carbonyl (C=O) groups excluding carboxylic acids is 1. The van der Waals surface area contributed by atoms with Crippen molar-refractivity contribution in [1.29, 1.82) is 0 Å². The van der Waals surface area contributed by atoms with E-state index in [-0.39, 0.29) is 11.0 Å². The molecule has 8 heteroatoms. The van der Waals surface area contributed by atoms with Crippen LogP contribution >= 0.6 is 15.9 Å². The molecule has 2 aromatic rings. The summed E-state index contributed by atoms with van der Waals surface area (Å²) in [6.45, 7) is 0.176. The van der Waals surface area contributed by atoms with Crippen LogP contribution in [0.5, 0.6) is 0 Å². The second-order valence-corrected chi connectivity index (χ2v) is 4.75. The standard InChI is InChI=1S/C12H10BrN3O4/c1-20-11(18)7-2-3-8(14-4-7)5-16-6-9(13)10(17)15-12(16)19/h2-4,6H,5H2,1H3,(H,15,17,19). The van der Waals surface area contributed by atoms with E-state index in [1.807, 2.05) is 0 Å². The maximum absolute atomic E-state index is 11.6. The van der Waals surface area contributed by atoms with E-state index in [1.54, 1.807) is 12.1 Å². The summed E-state index contributed by atoms with van der Waals surface area (Å²) in [4.78, 5) is 40.3. The van der Waals surface area contributed by atoms with E-state index in [4.69, 9.17) is 0 Å². The molecule has 0 aliphatic carbocycles. The molecule has 0 saturated carbocycles. The van der Waals surface area contributed by atoms with Gasteiger partial charge in [-0.3, -0.25) is 19.3 Å². The average Bonchev–Trinajstić information content (AvgIpc) is 2.44. The first-order valence-corrected chi connectivity index (χ1v) is 6.33. The number of carbonyl (C=O) groups is 1. The van der Waals surface area contributed by atoms with Crippen molar-refractivity contribution in [2.75, 3.05) is 7.11 Å². The normalized spacial score (nSPS) is 10.3. The molecule has 0 bridgehead atoms. The highest BCUT2D eigenvalue weighted by molar-refractivity contribution is 9.10. The van der Waals surface area contributed by atoms with E-state index < -0.39 is 17.2 Å². The lowest BCUT2D eigenvalue weighted by Crippen LogP contribution is -2.30. The van der Waals surface area contributed by atoms with E-state index >= 15 is 0 Å². The summed E-state index contributed by atoms with van der Waals surface area (Å²) in [7, 11) is 1.29. The Morgan fingerprint density at radius 1 is 1.45 bits per heavy atom. The Hall–Kier alpha value is -2.22. The first kappa shape index (κ1) is 14.2. The van der Waals surface area contributed by atoms with Crippen molar-refractivity contribution < 1.29 is 9.53 Å². The maximum atomic E-state index is 11.6. The van der Waals surface area contributed by atoms with Crippen LogP contribution in [0.3, 0.4) is 0 Å². The Kier molecular flexibility index (Phi) is 4.14. The summed E-state index contributed by atoms with van der Waals surface area (Å²) in [6, 6.07) is 3.16. The minimum Gasteiger partial charge on any atom is -0.465 e. The Labute approximate surface area is 121 Å². The van der Waals surface area contributed by atoms with Crippen LogP contribution in [-0.2, 0) is 11.3 Å². The van der Waals surface area contributed by atoms with E-state index in [2.05, 4.69) is 30.6 Å². The van der Waals surface area contributed by atoms with Gasteiger partial charge in [0, 0.05) is 12.4 Å². The SMILES string of the molecule is COC(=O)c1ccc(Cn2cc(Br)c(=O)[nH]c2=O)nc1. The molecule has 0 radical (unpaired) electrons. The fourth-order valence-corrected chi connectivity index (χ4v) is 1.88. The maximum Gasteiger partial charge on any atom is 0.339 e. The third kappa shape index (κ3) is 3.02. The molecule has 104 valence electrons. The van der Waals surface area contributed by atoms with Crippen LogP contribution < -0.4 is 11.2 Å². The Morgan fingerprint density at radius 3 is 2.80 bits per heavy atom. The van der Waals surface area contributed by atoms with E-state index in [0.717, 1.165) is 0 Å². The summed E-state index contributed by atoms with van der Waals surface area (Å²) in [5.74, 6) is -0.479. The highest BCUT2D eigenvalue weighted by atomic mass is 79.9. The zero-order chi connectivity index (χ0) is 14.7. The summed E-state index contributed by atoms with van der Waals surface area (Å²) in [5.41, 5.74) is -0.123. The third-order valence-electron chi connectivity index (χ3n) is 2.55. The predicted octanol–water partition coefficient (Wildman–Crippen LogP) is 0.529. The molecule has 7 nitrogen and oxygen atoms in total. The number of H-pyrrole nitrogens is 1. The summed E-state index contributed by atoms with van der Waals surface area (Å²) >= 11 is 3.05. The molecule has 2 rings (SSSR count). The smallest absolute Gasteiger partial charge is 0.339 e. The molecule has 20 heavy (non-hydrogen) atoms. The molecule has 0 fully saturated rings. The van der Waals surface area contributed by atoms with Crippen molar-refractivity contribution in [3.05, 3.63) is 61.1 Å². The lowest BCUT2D eigenvalue weighted by Gasteiger charge is -2.05. The second kappa shape index (κ2) is 5.83. The highest BCUT2D eigenvalue weighted by Crippen LogP contribution is 2.04. The fourth-order valence-electron chi connectivity index (χ4n) is 1.53. The number of nitrogens with one attached hydrogen (secondary N) is 1. The van der Waals surface area contributed by atoms with Gasteiger partial charge in [0.05, 0.1) is 29.4 Å². The molecular formula is C12H10BrN3O4. The molecule has 1 N–H and O–H groups in total. The van der Waals surface area contributed by atoms with Crippen molar-refractivity contribution in [3.8, 4) is 0 Å². The molecule has 0 aliphatic heterocycles. The van der Waals surface area contributed by atoms with Crippen LogP contribution in [-0.4, -0.2) is 27.6 Å². The van der Waals surface area contributed by atoms with E-state index in [1.165, 1.54) is 24.1 Å². The molecule has 0 aliphatic rings. The van der Waals surface area contributed by atoms with Crippen LogP contribution in [0, 0.1) is 0 Å². The Morgan fingerprint density at radius 2 is 2.20 bits per heavy atom. The van der Waals surface area contributed by atoms with Gasteiger partial charge in [0.25, 0.3) is 5.56 Å².